The van der Waals surface area contributed by atoms with Crippen molar-refractivity contribution >= 4 is 5.97 Å². The molecule has 0 amide bonds. The molecule has 1 atom stereocenters. The van der Waals surface area contributed by atoms with Gasteiger partial charge in [-0.05, 0) is 56.4 Å². The molecule has 0 radical (unpaired) electrons. The Balaban J connectivity index is 2.09. The summed E-state index contributed by atoms with van der Waals surface area (Å²) in [5, 5.41) is 3.41. The van der Waals surface area contributed by atoms with E-state index in [4.69, 9.17) is 9.47 Å². The molecular weight excluding hydrogens is 254 g/mol. The van der Waals surface area contributed by atoms with Gasteiger partial charge in [-0.25, -0.2) is 0 Å². The number of hydrogen-bond donors (Lipinski definition) is 1. The molecule has 110 valence electrons. The quantitative estimate of drug-likeness (QED) is 0.856. The molecule has 0 saturated heterocycles. The predicted octanol–water partition coefficient (Wildman–Crippen LogP) is 2.09. The van der Waals surface area contributed by atoms with Gasteiger partial charge in [0.05, 0.1) is 14.2 Å². The number of rotatable bonds is 4. The zero-order valence-electron chi connectivity index (χ0n) is 12.7. The normalized spacial score (nSPS) is 18.3. The van der Waals surface area contributed by atoms with Crippen LogP contribution in [0, 0.1) is 0 Å². The van der Waals surface area contributed by atoms with E-state index in [2.05, 4.69) is 17.4 Å². The van der Waals surface area contributed by atoms with E-state index in [1.54, 1.807) is 7.11 Å². The molecular formula is C16H23NO3. The summed E-state index contributed by atoms with van der Waals surface area (Å²) in [6, 6.07) is 6.51. The van der Waals surface area contributed by atoms with Crippen molar-refractivity contribution in [2.45, 2.75) is 44.7 Å². The second kappa shape index (κ2) is 5.83. The van der Waals surface area contributed by atoms with Gasteiger partial charge in [-0.3, -0.25) is 10.1 Å². The van der Waals surface area contributed by atoms with Crippen molar-refractivity contribution in [1.29, 1.82) is 0 Å². The molecule has 1 aliphatic carbocycles. The van der Waals surface area contributed by atoms with Crippen LogP contribution in [-0.4, -0.2) is 31.8 Å². The summed E-state index contributed by atoms with van der Waals surface area (Å²) >= 11 is 0. The molecule has 1 aliphatic rings. The van der Waals surface area contributed by atoms with E-state index in [1.165, 1.54) is 18.2 Å². The summed E-state index contributed by atoms with van der Waals surface area (Å²) in [6.07, 6.45) is 2.96. The third-order valence-corrected chi connectivity index (χ3v) is 3.90. The van der Waals surface area contributed by atoms with Crippen LogP contribution in [0.2, 0.25) is 0 Å². The summed E-state index contributed by atoms with van der Waals surface area (Å²) in [7, 11) is 3.10. The predicted molar refractivity (Wildman–Crippen MR) is 78.0 cm³/mol. The van der Waals surface area contributed by atoms with Crippen LogP contribution >= 0.6 is 0 Å². The van der Waals surface area contributed by atoms with Crippen LogP contribution in [-0.2, 0) is 22.4 Å². The van der Waals surface area contributed by atoms with Gasteiger partial charge < -0.3 is 9.47 Å². The zero-order chi connectivity index (χ0) is 14.8. The Morgan fingerprint density at radius 2 is 2.05 bits per heavy atom. The summed E-state index contributed by atoms with van der Waals surface area (Å²) in [4.78, 5) is 11.7. The SMILES string of the molecule is COC(=O)C(C)(C)NC1CCc2ccc(OC)cc2C1. The number of hydrogen-bond acceptors (Lipinski definition) is 4. The number of ether oxygens (including phenoxy) is 2. The van der Waals surface area contributed by atoms with Gasteiger partial charge in [-0.1, -0.05) is 6.07 Å². The monoisotopic (exact) mass is 277 g/mol. The van der Waals surface area contributed by atoms with Crippen molar-refractivity contribution in [3.05, 3.63) is 29.3 Å². The standard InChI is InChI=1S/C16H23NO3/c1-16(2,15(18)20-4)17-13-7-5-11-6-8-14(19-3)10-12(11)9-13/h6,8,10,13,17H,5,7,9H2,1-4H3. The average Bonchev–Trinajstić information content (AvgIpc) is 2.45. The van der Waals surface area contributed by atoms with Crippen LogP contribution < -0.4 is 10.1 Å². The molecule has 0 saturated carbocycles. The van der Waals surface area contributed by atoms with Crippen molar-refractivity contribution in [2.75, 3.05) is 14.2 Å². The first-order valence-corrected chi connectivity index (χ1v) is 6.98. The summed E-state index contributed by atoms with van der Waals surface area (Å²) in [5.41, 5.74) is 2.02. The molecule has 0 spiro atoms. The van der Waals surface area contributed by atoms with Gasteiger partial charge in [0, 0.05) is 6.04 Å². The fraction of sp³-hybridized carbons (Fsp3) is 0.562. The molecule has 0 heterocycles. The third-order valence-electron chi connectivity index (χ3n) is 3.90. The first-order chi connectivity index (χ1) is 9.46. The maximum Gasteiger partial charge on any atom is 0.325 e. The zero-order valence-corrected chi connectivity index (χ0v) is 12.7. The van der Waals surface area contributed by atoms with Gasteiger partial charge in [0.2, 0.25) is 0 Å². The van der Waals surface area contributed by atoms with Crippen LogP contribution in [0.1, 0.15) is 31.4 Å². The van der Waals surface area contributed by atoms with Gasteiger partial charge in [0.15, 0.2) is 0 Å². The molecule has 1 unspecified atom stereocenters. The van der Waals surface area contributed by atoms with Crippen LogP contribution in [0.5, 0.6) is 5.75 Å². The van der Waals surface area contributed by atoms with E-state index >= 15 is 0 Å². The smallest absolute Gasteiger partial charge is 0.325 e. The van der Waals surface area contributed by atoms with Gasteiger partial charge in [0.25, 0.3) is 0 Å². The van der Waals surface area contributed by atoms with Crippen molar-refractivity contribution in [2.24, 2.45) is 0 Å². The van der Waals surface area contributed by atoms with E-state index in [0.29, 0.717) is 0 Å². The largest absolute Gasteiger partial charge is 0.497 e. The molecule has 0 aromatic heterocycles. The van der Waals surface area contributed by atoms with Gasteiger partial charge in [0.1, 0.15) is 11.3 Å². The van der Waals surface area contributed by atoms with E-state index in [0.717, 1.165) is 25.0 Å². The fourth-order valence-corrected chi connectivity index (χ4v) is 2.81. The Labute approximate surface area is 120 Å². The lowest BCUT2D eigenvalue weighted by molar-refractivity contribution is -0.147. The topological polar surface area (TPSA) is 47.6 Å². The Hall–Kier alpha value is -1.55. The van der Waals surface area contributed by atoms with Crippen molar-refractivity contribution in [1.82, 2.24) is 5.32 Å². The Morgan fingerprint density at radius 3 is 2.70 bits per heavy atom. The summed E-state index contributed by atoms with van der Waals surface area (Å²) < 4.78 is 10.1. The van der Waals surface area contributed by atoms with Crippen molar-refractivity contribution < 1.29 is 14.3 Å². The van der Waals surface area contributed by atoms with Crippen LogP contribution in [0.4, 0.5) is 0 Å². The van der Waals surface area contributed by atoms with Crippen LogP contribution in [0.15, 0.2) is 18.2 Å². The minimum absolute atomic E-state index is 0.228. The average molecular weight is 277 g/mol. The Morgan fingerprint density at radius 1 is 1.30 bits per heavy atom. The summed E-state index contributed by atoms with van der Waals surface area (Å²) in [6.45, 7) is 3.72. The number of nitrogens with one attached hydrogen (secondary N) is 1. The number of benzene rings is 1. The Kier molecular flexibility index (Phi) is 4.33. The van der Waals surface area contributed by atoms with E-state index in [-0.39, 0.29) is 12.0 Å². The minimum Gasteiger partial charge on any atom is -0.497 e. The molecule has 1 aromatic rings. The third kappa shape index (κ3) is 3.12. The highest BCUT2D eigenvalue weighted by Gasteiger charge is 2.32. The maximum atomic E-state index is 11.7. The number of aryl methyl sites for hydroxylation is 1. The molecule has 20 heavy (non-hydrogen) atoms. The van der Waals surface area contributed by atoms with Gasteiger partial charge >= 0.3 is 5.97 Å². The van der Waals surface area contributed by atoms with E-state index in [9.17, 15) is 4.79 Å². The number of esters is 1. The lowest BCUT2D eigenvalue weighted by Gasteiger charge is -2.32. The first kappa shape index (κ1) is 14.9. The maximum absolute atomic E-state index is 11.7. The van der Waals surface area contributed by atoms with Crippen molar-refractivity contribution in [3.63, 3.8) is 0 Å². The fourth-order valence-electron chi connectivity index (χ4n) is 2.81. The highest BCUT2D eigenvalue weighted by Crippen LogP contribution is 2.26. The number of methoxy groups -OCH3 is 2. The second-order valence-electron chi connectivity index (χ2n) is 5.84. The molecule has 0 aliphatic heterocycles. The highest BCUT2D eigenvalue weighted by atomic mass is 16.5. The molecule has 2 rings (SSSR count). The molecule has 0 fully saturated rings. The Bertz CT molecular complexity index is 496. The molecule has 4 nitrogen and oxygen atoms in total. The van der Waals surface area contributed by atoms with E-state index < -0.39 is 5.54 Å². The minimum atomic E-state index is -0.657. The molecule has 1 N–H and O–H groups in total. The lowest BCUT2D eigenvalue weighted by atomic mass is 9.87. The number of carbonyl (C=O) groups excluding carboxylic acids is 1. The number of fused-ring (bicyclic) bond motifs is 1. The van der Waals surface area contributed by atoms with Crippen LogP contribution in [0.25, 0.3) is 0 Å². The first-order valence-electron chi connectivity index (χ1n) is 6.98. The molecule has 0 bridgehead atoms. The highest BCUT2D eigenvalue weighted by molar-refractivity contribution is 5.79. The molecule has 4 heteroatoms. The van der Waals surface area contributed by atoms with Crippen LogP contribution in [0.3, 0.4) is 0 Å². The van der Waals surface area contributed by atoms with Gasteiger partial charge in [-0.2, -0.15) is 0 Å². The lowest BCUT2D eigenvalue weighted by Crippen LogP contribution is -2.53. The molecule has 1 aromatic carbocycles. The van der Waals surface area contributed by atoms with E-state index in [1.807, 2.05) is 19.9 Å². The summed E-state index contributed by atoms with van der Waals surface area (Å²) in [5.74, 6) is 0.658. The van der Waals surface area contributed by atoms with Crippen molar-refractivity contribution in [3.8, 4) is 5.75 Å². The number of carbonyl (C=O) groups is 1. The second-order valence-corrected chi connectivity index (χ2v) is 5.84. The van der Waals surface area contributed by atoms with Gasteiger partial charge in [-0.15, -0.1) is 0 Å².